The molecule has 0 aliphatic carbocycles. The monoisotopic (exact) mass is 569 g/mol. The lowest BCUT2D eigenvalue weighted by Gasteiger charge is -2.28. The Kier molecular flexibility index (Phi) is 7.85. The van der Waals surface area contributed by atoms with E-state index in [4.69, 9.17) is 20.2 Å². The van der Waals surface area contributed by atoms with Crippen LogP contribution in [0.3, 0.4) is 0 Å². The molecule has 0 spiro atoms. The average Bonchev–Trinajstić information content (AvgIpc) is 2.86. The van der Waals surface area contributed by atoms with Gasteiger partial charge in [-0.2, -0.15) is 0 Å². The summed E-state index contributed by atoms with van der Waals surface area (Å²) in [4.78, 5) is 26.2. The number of anilines is 2. The van der Waals surface area contributed by atoms with Gasteiger partial charge in [0.2, 0.25) is 5.88 Å². The largest absolute Gasteiger partial charge is 0.474 e. The molecular weight excluding hydrogens is 530 g/mol. The number of nitrogens with two attached hydrogens (primary N) is 1. The van der Waals surface area contributed by atoms with Gasteiger partial charge in [0.1, 0.15) is 17.7 Å². The summed E-state index contributed by atoms with van der Waals surface area (Å²) in [5.41, 5.74) is 7.97. The van der Waals surface area contributed by atoms with Crippen LogP contribution in [0.5, 0.6) is 5.88 Å². The van der Waals surface area contributed by atoms with Crippen LogP contribution in [-0.4, -0.2) is 52.5 Å². The summed E-state index contributed by atoms with van der Waals surface area (Å²) in [6.45, 7) is 13.0. The van der Waals surface area contributed by atoms with Crippen LogP contribution < -0.4 is 15.8 Å². The first kappa shape index (κ1) is 29.7. The number of rotatable bonds is 9. The van der Waals surface area contributed by atoms with Crippen LogP contribution in [0.4, 0.5) is 11.6 Å². The smallest absolute Gasteiger partial charge is 0.340 e. The summed E-state index contributed by atoms with van der Waals surface area (Å²) in [7, 11) is -3.28. The molecule has 0 unspecified atom stereocenters. The fourth-order valence-electron chi connectivity index (χ4n) is 4.75. The Labute approximate surface area is 236 Å². The Morgan fingerprint density at radius 3 is 2.48 bits per heavy atom. The standard InChI is InChI=1S/C29H39N5O5S/c1-9-29(7,30)22-15-32-26(38-16(2)13-28(5,6)40(8,36)37)21-14-31-24(12-20(21)22)33-23-11-10-19-25(34-23)17(3)18(4)39-27(19)35/h10-12,14-18H,9,13,30H2,1-8H3,(H,31,33,34)/t16-,17-,18-,29+/m0/s1. The molecule has 3 aromatic heterocycles. The van der Waals surface area contributed by atoms with Crippen molar-refractivity contribution in [2.75, 3.05) is 11.6 Å². The zero-order valence-corrected chi connectivity index (χ0v) is 25.2. The summed E-state index contributed by atoms with van der Waals surface area (Å²) in [6.07, 6.45) is 4.90. The van der Waals surface area contributed by atoms with Crippen LogP contribution in [0.2, 0.25) is 0 Å². The van der Waals surface area contributed by atoms with E-state index in [1.165, 1.54) is 6.26 Å². The second kappa shape index (κ2) is 10.6. The highest BCUT2D eigenvalue weighted by Gasteiger charge is 2.34. The third kappa shape index (κ3) is 5.76. The van der Waals surface area contributed by atoms with Crippen LogP contribution in [0.15, 0.2) is 30.6 Å². The maximum atomic E-state index is 12.3. The maximum absolute atomic E-state index is 12.3. The van der Waals surface area contributed by atoms with Crippen molar-refractivity contribution in [3.63, 3.8) is 0 Å². The van der Waals surface area contributed by atoms with E-state index in [1.54, 1.807) is 38.4 Å². The van der Waals surface area contributed by atoms with Gasteiger partial charge in [0.15, 0.2) is 9.84 Å². The van der Waals surface area contributed by atoms with Crippen molar-refractivity contribution in [2.45, 2.75) is 89.7 Å². The number of carbonyl (C=O) groups excluding carboxylic acids is 1. The van der Waals surface area contributed by atoms with Crippen molar-refractivity contribution in [2.24, 2.45) is 5.73 Å². The van der Waals surface area contributed by atoms with E-state index in [1.807, 2.05) is 40.7 Å². The summed E-state index contributed by atoms with van der Waals surface area (Å²) in [5.74, 6) is 1.03. The van der Waals surface area contributed by atoms with Crippen LogP contribution in [-0.2, 0) is 20.1 Å². The molecule has 0 amide bonds. The maximum Gasteiger partial charge on any atom is 0.340 e. The second-order valence-corrected chi connectivity index (χ2v) is 14.3. The first-order valence-corrected chi connectivity index (χ1v) is 15.4. The van der Waals surface area contributed by atoms with Crippen molar-refractivity contribution < 1.29 is 22.7 Å². The highest BCUT2D eigenvalue weighted by molar-refractivity contribution is 7.92. The van der Waals surface area contributed by atoms with Crippen molar-refractivity contribution in [3.05, 3.63) is 47.4 Å². The fourth-order valence-corrected chi connectivity index (χ4v) is 5.28. The first-order chi connectivity index (χ1) is 18.5. The van der Waals surface area contributed by atoms with Crippen LogP contribution in [0, 0.1) is 0 Å². The molecule has 0 radical (unpaired) electrons. The molecule has 40 heavy (non-hydrogen) atoms. The van der Waals surface area contributed by atoms with Gasteiger partial charge < -0.3 is 20.5 Å². The zero-order chi connectivity index (χ0) is 29.6. The number of cyclic esters (lactones) is 1. The van der Waals surface area contributed by atoms with Gasteiger partial charge in [-0.05, 0) is 70.2 Å². The second-order valence-electron chi connectivity index (χ2n) is 11.7. The lowest BCUT2D eigenvalue weighted by atomic mass is 9.88. The van der Waals surface area contributed by atoms with E-state index in [0.29, 0.717) is 47.0 Å². The topological polar surface area (TPSA) is 146 Å². The average molecular weight is 570 g/mol. The Morgan fingerprint density at radius 2 is 1.82 bits per heavy atom. The summed E-state index contributed by atoms with van der Waals surface area (Å²) >= 11 is 0. The van der Waals surface area contributed by atoms with Gasteiger partial charge in [-0.3, -0.25) is 0 Å². The van der Waals surface area contributed by atoms with Crippen LogP contribution in [0.25, 0.3) is 10.8 Å². The molecule has 216 valence electrons. The Bertz CT molecular complexity index is 1550. The van der Waals surface area contributed by atoms with E-state index in [-0.39, 0.29) is 18.0 Å². The third-order valence-corrected chi connectivity index (χ3v) is 10.2. The molecule has 4 rings (SSSR count). The summed E-state index contributed by atoms with van der Waals surface area (Å²) < 4.78 is 35.1. The molecule has 4 heterocycles. The molecular formula is C29H39N5O5S. The van der Waals surface area contributed by atoms with Gasteiger partial charge >= 0.3 is 5.97 Å². The SMILES string of the molecule is CC[C@@](C)(N)c1cnc(O[C@@H](C)CC(C)(C)S(C)(=O)=O)c2cnc(Nc3ccc4c(n3)[C@@H](C)[C@H](C)OC4=O)cc12. The molecule has 1 aliphatic heterocycles. The van der Waals surface area contributed by atoms with Crippen molar-refractivity contribution >= 4 is 38.2 Å². The molecule has 11 heteroatoms. The number of ether oxygens (including phenoxy) is 2. The molecule has 1 aliphatic rings. The highest BCUT2D eigenvalue weighted by Crippen LogP contribution is 2.36. The Morgan fingerprint density at radius 1 is 1.12 bits per heavy atom. The fraction of sp³-hybridized carbons (Fsp3) is 0.517. The molecule has 10 nitrogen and oxygen atoms in total. The van der Waals surface area contributed by atoms with E-state index in [9.17, 15) is 13.2 Å². The number of carbonyl (C=O) groups is 1. The Balaban J connectivity index is 1.71. The number of pyridine rings is 3. The number of fused-ring (bicyclic) bond motifs is 2. The molecule has 0 aromatic carbocycles. The number of esters is 1. The van der Waals surface area contributed by atoms with E-state index in [0.717, 1.165) is 10.9 Å². The van der Waals surface area contributed by atoms with Crippen LogP contribution >= 0.6 is 0 Å². The Hall–Kier alpha value is -3.31. The molecule has 3 aromatic rings. The van der Waals surface area contributed by atoms with Gasteiger partial charge in [-0.25, -0.2) is 28.2 Å². The van der Waals surface area contributed by atoms with Crippen molar-refractivity contribution in [1.29, 1.82) is 0 Å². The minimum atomic E-state index is -3.28. The minimum Gasteiger partial charge on any atom is -0.474 e. The normalized spacial score (nSPS) is 19.9. The van der Waals surface area contributed by atoms with E-state index < -0.39 is 26.2 Å². The molecule has 0 saturated heterocycles. The van der Waals surface area contributed by atoms with E-state index in [2.05, 4.69) is 15.3 Å². The zero-order valence-electron chi connectivity index (χ0n) is 24.4. The lowest BCUT2D eigenvalue weighted by molar-refractivity contribution is 0.0235. The van der Waals surface area contributed by atoms with E-state index >= 15 is 0 Å². The number of hydrogen-bond acceptors (Lipinski definition) is 10. The molecule has 0 saturated carbocycles. The van der Waals surface area contributed by atoms with Gasteiger partial charge in [0, 0.05) is 36.5 Å². The predicted octanol–water partition coefficient (Wildman–Crippen LogP) is 5.00. The van der Waals surface area contributed by atoms with Gasteiger partial charge in [0.25, 0.3) is 0 Å². The van der Waals surface area contributed by atoms with Crippen molar-refractivity contribution in [1.82, 2.24) is 15.0 Å². The predicted molar refractivity (Wildman–Crippen MR) is 156 cm³/mol. The minimum absolute atomic E-state index is 0.0476. The molecule has 0 bridgehead atoms. The van der Waals surface area contributed by atoms with Crippen molar-refractivity contribution in [3.8, 4) is 5.88 Å². The highest BCUT2D eigenvalue weighted by atomic mass is 32.2. The van der Waals surface area contributed by atoms with Gasteiger partial charge in [0.05, 0.1) is 27.5 Å². The van der Waals surface area contributed by atoms with Crippen LogP contribution in [0.1, 0.15) is 88.8 Å². The number of nitrogens with one attached hydrogen (secondary N) is 1. The third-order valence-electron chi connectivity index (χ3n) is 8.01. The summed E-state index contributed by atoms with van der Waals surface area (Å²) in [6, 6.07) is 5.32. The number of nitrogens with zero attached hydrogens (tertiary/aromatic N) is 3. The molecule has 3 N–H and O–H groups in total. The first-order valence-electron chi connectivity index (χ1n) is 13.5. The number of aromatic nitrogens is 3. The quantitative estimate of drug-likeness (QED) is 0.338. The van der Waals surface area contributed by atoms with Gasteiger partial charge in [-0.15, -0.1) is 0 Å². The number of sulfone groups is 1. The lowest BCUT2D eigenvalue weighted by Crippen LogP contribution is -2.36. The molecule has 0 fully saturated rings. The number of hydrogen-bond donors (Lipinski definition) is 2. The van der Waals surface area contributed by atoms with Gasteiger partial charge in [-0.1, -0.05) is 13.8 Å². The molecule has 4 atom stereocenters. The summed E-state index contributed by atoms with van der Waals surface area (Å²) in [5, 5.41) is 4.74.